The molecule has 0 aromatic heterocycles. The lowest BCUT2D eigenvalue weighted by Gasteiger charge is -2.37. The van der Waals surface area contributed by atoms with Gasteiger partial charge in [0.25, 0.3) is 5.91 Å². The van der Waals surface area contributed by atoms with E-state index in [4.69, 9.17) is 4.74 Å². The molecular weight excluding hydrogens is 390 g/mol. The van der Waals surface area contributed by atoms with Crippen molar-refractivity contribution in [3.63, 3.8) is 0 Å². The molecule has 1 saturated carbocycles. The summed E-state index contributed by atoms with van der Waals surface area (Å²) in [6.45, 7) is 5.09. The molecule has 6 nitrogen and oxygen atoms in total. The zero-order chi connectivity index (χ0) is 21.4. The Balaban J connectivity index is 1.21. The number of amides is 2. The van der Waals surface area contributed by atoms with E-state index < -0.39 is 6.04 Å². The lowest BCUT2D eigenvalue weighted by atomic mass is 9.88. The Morgan fingerprint density at radius 2 is 1.94 bits per heavy atom. The van der Waals surface area contributed by atoms with Crippen LogP contribution in [-0.4, -0.2) is 34.9 Å². The van der Waals surface area contributed by atoms with E-state index >= 15 is 0 Å². The first-order valence-corrected chi connectivity index (χ1v) is 10.9. The highest BCUT2D eigenvalue weighted by molar-refractivity contribution is 6.01. The minimum atomic E-state index is -0.437. The lowest BCUT2D eigenvalue weighted by Crippen LogP contribution is -2.50. The van der Waals surface area contributed by atoms with E-state index in [2.05, 4.69) is 29.3 Å². The molecule has 2 aromatic carbocycles. The molecule has 0 bridgehead atoms. The Bertz CT molecular complexity index is 1020. The van der Waals surface area contributed by atoms with Crippen LogP contribution in [0.1, 0.15) is 47.2 Å². The van der Waals surface area contributed by atoms with Gasteiger partial charge >= 0.3 is 0 Å². The molecule has 2 aliphatic heterocycles. The number of hydrogen-bond donors (Lipinski definition) is 2. The molecule has 160 valence electrons. The van der Waals surface area contributed by atoms with Crippen molar-refractivity contribution in [3.05, 3.63) is 77.5 Å². The maximum atomic E-state index is 12.9. The third-order valence-corrected chi connectivity index (χ3v) is 6.52. The first-order chi connectivity index (χ1) is 15.1. The van der Waals surface area contributed by atoms with Crippen LogP contribution in [0.15, 0.2) is 60.8 Å². The van der Waals surface area contributed by atoms with E-state index in [-0.39, 0.29) is 17.9 Å². The van der Waals surface area contributed by atoms with Gasteiger partial charge in [0.1, 0.15) is 17.9 Å². The topological polar surface area (TPSA) is 70.7 Å². The zero-order valence-electron chi connectivity index (χ0n) is 17.5. The molecule has 5 rings (SSSR count). The van der Waals surface area contributed by atoms with Crippen molar-refractivity contribution >= 4 is 11.8 Å². The molecule has 2 amide bonds. The van der Waals surface area contributed by atoms with Gasteiger partial charge in [-0.05, 0) is 55.0 Å². The third-order valence-electron chi connectivity index (χ3n) is 6.52. The van der Waals surface area contributed by atoms with Crippen molar-refractivity contribution < 1.29 is 14.3 Å². The molecular formula is C25H27N3O3. The second-order valence-electron chi connectivity index (χ2n) is 8.61. The van der Waals surface area contributed by atoms with Crippen molar-refractivity contribution in [2.75, 3.05) is 0 Å². The highest BCUT2D eigenvalue weighted by atomic mass is 16.5. The van der Waals surface area contributed by atoms with Gasteiger partial charge < -0.3 is 20.3 Å². The van der Waals surface area contributed by atoms with Crippen LogP contribution in [0.2, 0.25) is 0 Å². The number of ether oxygens (including phenoxy) is 1. The maximum Gasteiger partial charge on any atom is 0.255 e. The number of allylic oxidation sites excluding steroid dienone is 1. The van der Waals surface area contributed by atoms with Gasteiger partial charge in [-0.15, -0.1) is 0 Å². The highest BCUT2D eigenvalue weighted by Gasteiger charge is 2.38. The highest BCUT2D eigenvalue weighted by Crippen LogP contribution is 2.33. The van der Waals surface area contributed by atoms with E-state index in [1.165, 1.54) is 5.56 Å². The molecule has 2 fully saturated rings. The van der Waals surface area contributed by atoms with Gasteiger partial charge in [0, 0.05) is 30.4 Å². The van der Waals surface area contributed by atoms with E-state index in [0.717, 1.165) is 36.4 Å². The van der Waals surface area contributed by atoms with Gasteiger partial charge in [-0.25, -0.2) is 0 Å². The van der Waals surface area contributed by atoms with E-state index in [0.29, 0.717) is 31.0 Å². The van der Waals surface area contributed by atoms with Crippen molar-refractivity contribution in [3.8, 4) is 5.75 Å². The summed E-state index contributed by atoms with van der Waals surface area (Å²) in [6, 6.07) is 15.9. The minimum Gasteiger partial charge on any atom is -0.489 e. The van der Waals surface area contributed by atoms with Gasteiger partial charge in [-0.2, -0.15) is 0 Å². The fourth-order valence-electron chi connectivity index (χ4n) is 4.57. The number of hydrogen-bond acceptors (Lipinski definition) is 4. The molecule has 0 spiro atoms. The number of nitrogens with zero attached hydrogens (tertiary/aromatic N) is 1. The minimum absolute atomic E-state index is 0.0831. The van der Waals surface area contributed by atoms with Gasteiger partial charge in [0.15, 0.2) is 0 Å². The van der Waals surface area contributed by atoms with Gasteiger partial charge in [-0.1, -0.05) is 36.9 Å². The normalized spacial score (nSPS) is 25.1. The predicted octanol–water partition coefficient (Wildman–Crippen LogP) is 3.13. The quantitative estimate of drug-likeness (QED) is 0.758. The average molecular weight is 418 g/mol. The molecule has 3 atom stereocenters. The molecule has 1 unspecified atom stereocenters. The van der Waals surface area contributed by atoms with E-state index in [1.807, 2.05) is 36.4 Å². The summed E-state index contributed by atoms with van der Waals surface area (Å²) in [5, 5.41) is 6.36. The van der Waals surface area contributed by atoms with Crippen LogP contribution in [0.3, 0.4) is 0 Å². The summed E-state index contributed by atoms with van der Waals surface area (Å²) in [5.74, 6) is 0.557. The number of nitrogens with one attached hydrogen (secondary N) is 2. The van der Waals surface area contributed by atoms with Crippen molar-refractivity contribution in [1.82, 2.24) is 15.5 Å². The number of fused-ring (bicyclic) bond motifs is 1. The average Bonchev–Trinajstić information content (AvgIpc) is 3.08. The Labute approximate surface area is 182 Å². The largest absolute Gasteiger partial charge is 0.489 e. The summed E-state index contributed by atoms with van der Waals surface area (Å²) in [6.07, 6.45) is 3.55. The van der Waals surface area contributed by atoms with Gasteiger partial charge in [-0.3, -0.25) is 9.59 Å². The van der Waals surface area contributed by atoms with Crippen LogP contribution in [0.4, 0.5) is 0 Å². The molecule has 1 saturated heterocycles. The molecule has 6 heteroatoms. The number of carbonyl (C=O) groups excluding carboxylic acids is 2. The second-order valence-corrected chi connectivity index (χ2v) is 8.61. The van der Waals surface area contributed by atoms with Crippen LogP contribution in [-0.2, 0) is 17.9 Å². The summed E-state index contributed by atoms with van der Waals surface area (Å²) in [5.41, 5.74) is 3.57. The monoisotopic (exact) mass is 417 g/mol. The number of rotatable bonds is 6. The molecule has 2 N–H and O–H groups in total. The smallest absolute Gasteiger partial charge is 0.255 e. The SMILES string of the molecule is C=C1CCC(N2Cc3cc(O[C@@H]4CC[C@H]4NCc4ccccc4)ccc3C2=O)C(=O)N1. The first kappa shape index (κ1) is 19.8. The Morgan fingerprint density at radius 3 is 2.68 bits per heavy atom. The Hall–Kier alpha value is -3.12. The van der Waals surface area contributed by atoms with Gasteiger partial charge in [0.05, 0.1) is 0 Å². The number of benzene rings is 2. The zero-order valence-corrected chi connectivity index (χ0v) is 17.5. The van der Waals surface area contributed by atoms with Crippen LogP contribution < -0.4 is 15.4 Å². The summed E-state index contributed by atoms with van der Waals surface area (Å²) in [4.78, 5) is 26.9. The van der Waals surface area contributed by atoms with Crippen molar-refractivity contribution in [2.45, 2.75) is 57.0 Å². The number of piperidine rings is 1. The maximum absolute atomic E-state index is 12.9. The molecule has 2 heterocycles. The van der Waals surface area contributed by atoms with Crippen LogP contribution in [0.5, 0.6) is 5.75 Å². The fourth-order valence-corrected chi connectivity index (χ4v) is 4.57. The van der Waals surface area contributed by atoms with E-state index in [9.17, 15) is 9.59 Å². The molecule has 0 radical (unpaired) electrons. The molecule has 31 heavy (non-hydrogen) atoms. The van der Waals surface area contributed by atoms with Crippen molar-refractivity contribution in [1.29, 1.82) is 0 Å². The Morgan fingerprint density at radius 1 is 1.10 bits per heavy atom. The van der Waals surface area contributed by atoms with Gasteiger partial charge in [0.2, 0.25) is 5.91 Å². The van der Waals surface area contributed by atoms with Crippen LogP contribution >= 0.6 is 0 Å². The molecule has 1 aliphatic carbocycles. The molecule has 3 aliphatic rings. The summed E-state index contributed by atoms with van der Waals surface area (Å²) in [7, 11) is 0. The number of carbonyl (C=O) groups is 2. The molecule has 2 aromatic rings. The third kappa shape index (κ3) is 3.95. The van der Waals surface area contributed by atoms with Crippen LogP contribution in [0.25, 0.3) is 0 Å². The predicted molar refractivity (Wildman–Crippen MR) is 117 cm³/mol. The Kier molecular flexibility index (Phi) is 5.24. The fraction of sp³-hybridized carbons (Fsp3) is 0.360. The van der Waals surface area contributed by atoms with Crippen molar-refractivity contribution in [2.24, 2.45) is 0 Å². The standard InChI is InChI=1S/C25H27N3O3/c1-16-7-11-22(24(29)27-16)28-15-18-13-19(8-9-20(18)25(28)30)31-23-12-10-21(23)26-14-17-5-3-2-4-6-17/h2-6,8-9,13,21-23,26H,1,7,10-12,14-15H2,(H,27,29)/t21-,22?,23-/m1/s1. The van der Waals surface area contributed by atoms with E-state index in [1.54, 1.807) is 4.90 Å². The summed E-state index contributed by atoms with van der Waals surface area (Å²) < 4.78 is 6.24. The lowest BCUT2D eigenvalue weighted by molar-refractivity contribution is -0.126. The summed E-state index contributed by atoms with van der Waals surface area (Å²) >= 11 is 0. The second kappa shape index (κ2) is 8.19. The first-order valence-electron chi connectivity index (χ1n) is 10.9. The van der Waals surface area contributed by atoms with Crippen LogP contribution in [0, 0.1) is 0 Å².